The lowest BCUT2D eigenvalue weighted by Crippen LogP contribution is -2.34. The standard InChI is InChI=1S/C15H23NO/c1-5-13(3)16(4)15(17)10-9-14-8-6-7-12(2)11-14/h6-8,11,13H,5,9-10H2,1-4H3. The molecule has 0 aromatic heterocycles. The maximum absolute atomic E-state index is 11.9. The first-order valence-electron chi connectivity index (χ1n) is 6.35. The number of benzene rings is 1. The van der Waals surface area contributed by atoms with Gasteiger partial charge in [0.1, 0.15) is 0 Å². The van der Waals surface area contributed by atoms with E-state index in [1.807, 2.05) is 18.0 Å². The van der Waals surface area contributed by atoms with Gasteiger partial charge in [-0.25, -0.2) is 0 Å². The van der Waals surface area contributed by atoms with Crippen LogP contribution in [0.25, 0.3) is 0 Å². The third-order valence-corrected chi connectivity index (χ3v) is 3.36. The van der Waals surface area contributed by atoms with E-state index in [2.05, 4.69) is 39.0 Å². The molecule has 0 aliphatic rings. The van der Waals surface area contributed by atoms with Crippen LogP contribution in [0, 0.1) is 6.92 Å². The van der Waals surface area contributed by atoms with Gasteiger partial charge < -0.3 is 4.90 Å². The van der Waals surface area contributed by atoms with Gasteiger partial charge >= 0.3 is 0 Å². The number of rotatable bonds is 5. The van der Waals surface area contributed by atoms with Crippen molar-refractivity contribution >= 4 is 5.91 Å². The van der Waals surface area contributed by atoms with Gasteiger partial charge in [-0.1, -0.05) is 36.8 Å². The molecule has 94 valence electrons. The number of aryl methyl sites for hydroxylation is 2. The van der Waals surface area contributed by atoms with E-state index >= 15 is 0 Å². The van der Waals surface area contributed by atoms with Crippen LogP contribution in [0.1, 0.15) is 37.8 Å². The highest BCUT2D eigenvalue weighted by molar-refractivity contribution is 5.76. The average molecular weight is 233 g/mol. The van der Waals surface area contributed by atoms with Crippen molar-refractivity contribution in [2.24, 2.45) is 0 Å². The van der Waals surface area contributed by atoms with Crippen molar-refractivity contribution in [1.82, 2.24) is 4.90 Å². The van der Waals surface area contributed by atoms with E-state index in [1.165, 1.54) is 11.1 Å². The van der Waals surface area contributed by atoms with E-state index < -0.39 is 0 Å². The van der Waals surface area contributed by atoms with Crippen molar-refractivity contribution < 1.29 is 4.79 Å². The second-order valence-corrected chi connectivity index (χ2v) is 4.75. The first-order chi connectivity index (χ1) is 8.04. The van der Waals surface area contributed by atoms with E-state index in [1.54, 1.807) is 0 Å². The molecule has 0 aliphatic carbocycles. The van der Waals surface area contributed by atoms with Crippen molar-refractivity contribution in [2.75, 3.05) is 7.05 Å². The zero-order valence-corrected chi connectivity index (χ0v) is 11.4. The molecule has 1 atom stereocenters. The molecule has 0 heterocycles. The summed E-state index contributed by atoms with van der Waals surface area (Å²) in [7, 11) is 1.90. The van der Waals surface area contributed by atoms with Crippen LogP contribution < -0.4 is 0 Å². The highest BCUT2D eigenvalue weighted by Crippen LogP contribution is 2.09. The third-order valence-electron chi connectivity index (χ3n) is 3.36. The number of carbonyl (C=O) groups is 1. The van der Waals surface area contributed by atoms with Crippen molar-refractivity contribution in [2.45, 2.75) is 46.1 Å². The molecule has 17 heavy (non-hydrogen) atoms. The number of nitrogens with zero attached hydrogens (tertiary/aromatic N) is 1. The topological polar surface area (TPSA) is 20.3 Å². The molecule has 0 N–H and O–H groups in total. The second kappa shape index (κ2) is 6.43. The Morgan fingerprint density at radius 3 is 2.71 bits per heavy atom. The van der Waals surface area contributed by atoms with E-state index in [9.17, 15) is 4.79 Å². The molecule has 2 nitrogen and oxygen atoms in total. The Kier molecular flexibility index (Phi) is 5.20. The van der Waals surface area contributed by atoms with Gasteiger partial charge in [0, 0.05) is 19.5 Å². The molecule has 0 bridgehead atoms. The summed E-state index contributed by atoms with van der Waals surface area (Å²) in [5.74, 6) is 0.237. The summed E-state index contributed by atoms with van der Waals surface area (Å²) < 4.78 is 0. The SMILES string of the molecule is CCC(C)N(C)C(=O)CCc1cccc(C)c1. The summed E-state index contributed by atoms with van der Waals surface area (Å²) in [5, 5.41) is 0. The summed E-state index contributed by atoms with van der Waals surface area (Å²) in [6, 6.07) is 8.70. The molecular weight excluding hydrogens is 210 g/mol. The predicted octanol–water partition coefficient (Wildman–Crippen LogP) is 3.18. The van der Waals surface area contributed by atoms with E-state index in [-0.39, 0.29) is 5.91 Å². The molecule has 0 spiro atoms. The third kappa shape index (κ3) is 4.22. The zero-order valence-electron chi connectivity index (χ0n) is 11.4. The Bertz CT molecular complexity index is 373. The predicted molar refractivity (Wildman–Crippen MR) is 72.0 cm³/mol. The highest BCUT2D eigenvalue weighted by Gasteiger charge is 2.13. The van der Waals surface area contributed by atoms with Crippen molar-refractivity contribution in [1.29, 1.82) is 0 Å². The lowest BCUT2D eigenvalue weighted by Gasteiger charge is -2.23. The fourth-order valence-corrected chi connectivity index (χ4v) is 1.81. The van der Waals surface area contributed by atoms with Crippen molar-refractivity contribution in [3.8, 4) is 0 Å². The molecule has 0 saturated carbocycles. The molecule has 0 radical (unpaired) electrons. The lowest BCUT2D eigenvalue weighted by molar-refractivity contribution is -0.131. The van der Waals surface area contributed by atoms with Gasteiger partial charge in [0.25, 0.3) is 0 Å². The van der Waals surface area contributed by atoms with Crippen molar-refractivity contribution in [3.05, 3.63) is 35.4 Å². The fraction of sp³-hybridized carbons (Fsp3) is 0.533. The van der Waals surface area contributed by atoms with Gasteiger partial charge in [0.05, 0.1) is 0 Å². The molecule has 0 fully saturated rings. The van der Waals surface area contributed by atoms with E-state index in [0.29, 0.717) is 12.5 Å². The number of hydrogen-bond donors (Lipinski definition) is 0. The number of amides is 1. The Balaban J connectivity index is 2.48. The Morgan fingerprint density at radius 1 is 1.41 bits per heavy atom. The van der Waals surface area contributed by atoms with Crippen LogP contribution in [0.4, 0.5) is 0 Å². The number of hydrogen-bond acceptors (Lipinski definition) is 1. The second-order valence-electron chi connectivity index (χ2n) is 4.75. The van der Waals surface area contributed by atoms with Gasteiger partial charge in [0.15, 0.2) is 0 Å². The highest BCUT2D eigenvalue weighted by atomic mass is 16.2. The average Bonchev–Trinajstić information content (AvgIpc) is 2.34. The maximum atomic E-state index is 11.9. The van der Waals surface area contributed by atoms with Crippen LogP contribution >= 0.6 is 0 Å². The summed E-state index contributed by atoms with van der Waals surface area (Å²) in [4.78, 5) is 13.8. The van der Waals surface area contributed by atoms with E-state index in [0.717, 1.165) is 12.8 Å². The van der Waals surface area contributed by atoms with Crippen molar-refractivity contribution in [3.63, 3.8) is 0 Å². The zero-order chi connectivity index (χ0) is 12.8. The van der Waals surface area contributed by atoms with Crippen LogP contribution in [0.15, 0.2) is 24.3 Å². The minimum atomic E-state index is 0.237. The molecule has 1 unspecified atom stereocenters. The summed E-state index contributed by atoms with van der Waals surface area (Å²) in [6.07, 6.45) is 2.44. The normalized spacial score (nSPS) is 12.2. The lowest BCUT2D eigenvalue weighted by atomic mass is 10.1. The van der Waals surface area contributed by atoms with Gasteiger partial charge in [0.2, 0.25) is 5.91 Å². The first-order valence-corrected chi connectivity index (χ1v) is 6.35. The Labute approximate surface area is 105 Å². The first kappa shape index (κ1) is 13.8. The van der Waals surface area contributed by atoms with Crippen LogP contribution in [0.3, 0.4) is 0 Å². The minimum absolute atomic E-state index is 0.237. The molecule has 2 heteroatoms. The molecule has 1 rings (SSSR count). The van der Waals surface area contributed by atoms with Gasteiger partial charge in [-0.15, -0.1) is 0 Å². The Hall–Kier alpha value is -1.31. The smallest absolute Gasteiger partial charge is 0.222 e. The number of carbonyl (C=O) groups excluding carboxylic acids is 1. The minimum Gasteiger partial charge on any atom is -0.343 e. The molecule has 1 aromatic rings. The summed E-state index contributed by atoms with van der Waals surface area (Å²) in [6.45, 7) is 6.27. The van der Waals surface area contributed by atoms with Gasteiger partial charge in [-0.2, -0.15) is 0 Å². The van der Waals surface area contributed by atoms with Crippen LogP contribution in [-0.2, 0) is 11.2 Å². The van der Waals surface area contributed by atoms with E-state index in [4.69, 9.17) is 0 Å². The largest absolute Gasteiger partial charge is 0.343 e. The maximum Gasteiger partial charge on any atom is 0.222 e. The molecular formula is C15H23NO. The monoisotopic (exact) mass is 233 g/mol. The van der Waals surface area contributed by atoms with Crippen LogP contribution in [0.2, 0.25) is 0 Å². The fourth-order valence-electron chi connectivity index (χ4n) is 1.81. The molecule has 0 aliphatic heterocycles. The molecule has 1 aromatic carbocycles. The van der Waals surface area contributed by atoms with Crippen LogP contribution in [0.5, 0.6) is 0 Å². The van der Waals surface area contributed by atoms with Crippen LogP contribution in [-0.4, -0.2) is 23.9 Å². The molecule has 0 saturated heterocycles. The summed E-state index contributed by atoms with van der Waals surface area (Å²) in [5.41, 5.74) is 2.50. The Morgan fingerprint density at radius 2 is 2.12 bits per heavy atom. The van der Waals surface area contributed by atoms with Gasteiger partial charge in [-0.3, -0.25) is 4.79 Å². The quantitative estimate of drug-likeness (QED) is 0.765. The molecule has 1 amide bonds. The van der Waals surface area contributed by atoms with Gasteiger partial charge in [-0.05, 0) is 32.3 Å². The summed E-state index contributed by atoms with van der Waals surface area (Å²) >= 11 is 0.